The largest absolute Gasteiger partial charge is 0.481 e. The van der Waals surface area contributed by atoms with Gasteiger partial charge in [0, 0.05) is 12.5 Å². The van der Waals surface area contributed by atoms with E-state index in [2.05, 4.69) is 19.2 Å². The summed E-state index contributed by atoms with van der Waals surface area (Å²) in [5.41, 5.74) is -0.413. The quantitative estimate of drug-likeness (QED) is 0.807. The molecule has 1 atom stereocenters. The van der Waals surface area contributed by atoms with Gasteiger partial charge in [0.1, 0.15) is 0 Å². The zero-order chi connectivity index (χ0) is 13.4. The number of hydrogen-bond acceptors (Lipinski definition) is 2. The summed E-state index contributed by atoms with van der Waals surface area (Å²) < 4.78 is 0. The van der Waals surface area contributed by atoms with Crippen molar-refractivity contribution in [3.05, 3.63) is 0 Å². The second-order valence-electron chi connectivity index (χ2n) is 6.76. The van der Waals surface area contributed by atoms with Crippen LogP contribution in [0.4, 0.5) is 0 Å². The van der Waals surface area contributed by atoms with Crippen LogP contribution in [-0.4, -0.2) is 23.5 Å². The molecule has 0 aromatic carbocycles. The fraction of sp³-hybridized carbons (Fsp3) is 0.857. The van der Waals surface area contributed by atoms with E-state index in [1.54, 1.807) is 0 Å². The summed E-state index contributed by atoms with van der Waals surface area (Å²) >= 11 is 0. The van der Waals surface area contributed by atoms with Gasteiger partial charge in [0.25, 0.3) is 0 Å². The molecular weight excluding hydrogens is 230 g/mol. The lowest BCUT2D eigenvalue weighted by molar-refractivity contribution is -0.143. The van der Waals surface area contributed by atoms with Crippen molar-refractivity contribution in [2.24, 2.45) is 16.7 Å². The molecule has 2 rings (SSSR count). The van der Waals surface area contributed by atoms with Crippen molar-refractivity contribution in [2.45, 2.75) is 52.4 Å². The van der Waals surface area contributed by atoms with Crippen LogP contribution in [0.1, 0.15) is 52.4 Å². The Bertz CT molecular complexity index is 358. The minimum Gasteiger partial charge on any atom is -0.481 e. The van der Waals surface area contributed by atoms with Crippen LogP contribution in [0.25, 0.3) is 0 Å². The lowest BCUT2D eigenvalue weighted by Gasteiger charge is -2.34. The number of aliphatic carboxylic acids is 1. The highest BCUT2D eigenvalue weighted by molar-refractivity contribution is 5.82. The highest BCUT2D eigenvalue weighted by atomic mass is 16.4. The Morgan fingerprint density at radius 3 is 2.44 bits per heavy atom. The van der Waals surface area contributed by atoms with Crippen LogP contribution >= 0.6 is 0 Å². The Balaban J connectivity index is 1.83. The maximum Gasteiger partial charge on any atom is 0.311 e. The van der Waals surface area contributed by atoms with Gasteiger partial charge in [-0.05, 0) is 37.5 Å². The highest BCUT2D eigenvalue weighted by Gasteiger charge is 2.50. The van der Waals surface area contributed by atoms with Crippen molar-refractivity contribution in [2.75, 3.05) is 6.54 Å². The monoisotopic (exact) mass is 253 g/mol. The Kier molecular flexibility index (Phi) is 3.39. The summed E-state index contributed by atoms with van der Waals surface area (Å²) in [6.45, 7) is 4.70. The van der Waals surface area contributed by atoms with E-state index in [-0.39, 0.29) is 17.2 Å². The van der Waals surface area contributed by atoms with Gasteiger partial charge in [0.2, 0.25) is 5.91 Å². The third kappa shape index (κ3) is 2.85. The standard InChI is InChI=1S/C14H23NO3/c1-13(2)5-3-4-10(8-13)11(16)15-9-14(6-7-14)12(17)18/h10H,3-9H2,1-2H3,(H,15,16)(H,17,18). The first-order chi connectivity index (χ1) is 8.35. The van der Waals surface area contributed by atoms with Gasteiger partial charge in [0.15, 0.2) is 0 Å². The van der Waals surface area contributed by atoms with Crippen LogP contribution in [0, 0.1) is 16.7 Å². The molecule has 0 spiro atoms. The van der Waals surface area contributed by atoms with E-state index in [1.165, 1.54) is 6.42 Å². The van der Waals surface area contributed by atoms with Gasteiger partial charge in [-0.15, -0.1) is 0 Å². The average molecular weight is 253 g/mol. The van der Waals surface area contributed by atoms with Gasteiger partial charge in [-0.3, -0.25) is 9.59 Å². The van der Waals surface area contributed by atoms with Crippen LogP contribution in [0.2, 0.25) is 0 Å². The van der Waals surface area contributed by atoms with Crippen LogP contribution < -0.4 is 5.32 Å². The normalized spacial score (nSPS) is 28.4. The van der Waals surface area contributed by atoms with Gasteiger partial charge >= 0.3 is 5.97 Å². The topological polar surface area (TPSA) is 66.4 Å². The molecule has 2 N–H and O–H groups in total. The number of carbonyl (C=O) groups is 2. The number of carbonyl (C=O) groups excluding carboxylic acids is 1. The first kappa shape index (κ1) is 13.4. The minimum atomic E-state index is -0.772. The summed E-state index contributed by atoms with van der Waals surface area (Å²) in [6, 6.07) is 0. The molecule has 2 fully saturated rings. The van der Waals surface area contributed by atoms with Gasteiger partial charge in [0.05, 0.1) is 5.41 Å². The fourth-order valence-corrected chi connectivity index (χ4v) is 2.94. The lowest BCUT2D eigenvalue weighted by Crippen LogP contribution is -2.40. The van der Waals surface area contributed by atoms with Gasteiger partial charge in [-0.1, -0.05) is 20.3 Å². The number of nitrogens with one attached hydrogen (secondary N) is 1. The second kappa shape index (κ2) is 4.56. The van der Waals surface area contributed by atoms with Gasteiger partial charge < -0.3 is 10.4 Å². The van der Waals surface area contributed by atoms with Gasteiger partial charge in [-0.2, -0.15) is 0 Å². The summed E-state index contributed by atoms with van der Waals surface area (Å²) in [4.78, 5) is 23.1. The van der Waals surface area contributed by atoms with E-state index in [4.69, 9.17) is 5.11 Å². The molecule has 1 unspecified atom stereocenters. The summed E-state index contributed by atoms with van der Waals surface area (Å²) in [5.74, 6) is -0.652. The molecule has 0 bridgehead atoms. The number of rotatable bonds is 4. The van der Waals surface area contributed by atoms with E-state index in [9.17, 15) is 9.59 Å². The molecule has 4 heteroatoms. The van der Waals surface area contributed by atoms with Crippen molar-refractivity contribution in [1.82, 2.24) is 5.32 Å². The zero-order valence-electron chi connectivity index (χ0n) is 11.3. The van der Waals surface area contributed by atoms with Crippen molar-refractivity contribution >= 4 is 11.9 Å². The van der Waals surface area contributed by atoms with E-state index >= 15 is 0 Å². The van der Waals surface area contributed by atoms with Gasteiger partial charge in [-0.25, -0.2) is 0 Å². The Hall–Kier alpha value is -1.06. The number of carboxylic acid groups (broad SMARTS) is 1. The maximum absolute atomic E-state index is 12.1. The maximum atomic E-state index is 12.1. The van der Waals surface area contributed by atoms with Crippen molar-refractivity contribution < 1.29 is 14.7 Å². The number of amides is 1. The first-order valence-electron chi connectivity index (χ1n) is 6.86. The molecule has 1 amide bonds. The SMILES string of the molecule is CC1(C)CCCC(C(=O)NCC2(C(=O)O)CC2)C1. The van der Waals surface area contributed by atoms with Crippen molar-refractivity contribution in [1.29, 1.82) is 0 Å². The second-order valence-corrected chi connectivity index (χ2v) is 6.76. The molecule has 0 radical (unpaired) electrons. The Morgan fingerprint density at radius 2 is 1.94 bits per heavy atom. The molecule has 0 aromatic rings. The molecule has 0 aromatic heterocycles. The molecule has 0 saturated heterocycles. The molecule has 0 aliphatic heterocycles. The molecule has 18 heavy (non-hydrogen) atoms. The molecule has 0 heterocycles. The van der Waals surface area contributed by atoms with E-state index < -0.39 is 11.4 Å². The summed E-state index contributed by atoms with van der Waals surface area (Å²) in [7, 11) is 0. The summed E-state index contributed by atoms with van der Waals surface area (Å²) in [5, 5.41) is 11.9. The Morgan fingerprint density at radius 1 is 1.28 bits per heavy atom. The number of carboxylic acids is 1. The molecule has 2 aliphatic rings. The predicted octanol–water partition coefficient (Wildman–Crippen LogP) is 2.18. The molecule has 4 nitrogen and oxygen atoms in total. The van der Waals surface area contributed by atoms with Crippen LogP contribution in [0.5, 0.6) is 0 Å². The molecule has 2 saturated carbocycles. The predicted molar refractivity (Wildman–Crippen MR) is 68.1 cm³/mol. The van der Waals surface area contributed by atoms with Crippen molar-refractivity contribution in [3.63, 3.8) is 0 Å². The van der Waals surface area contributed by atoms with E-state index in [0.29, 0.717) is 19.4 Å². The van der Waals surface area contributed by atoms with E-state index in [1.807, 2.05) is 0 Å². The van der Waals surface area contributed by atoms with Crippen LogP contribution in [0.3, 0.4) is 0 Å². The average Bonchev–Trinajstić information content (AvgIpc) is 3.05. The third-order valence-electron chi connectivity index (χ3n) is 4.48. The fourth-order valence-electron chi connectivity index (χ4n) is 2.94. The van der Waals surface area contributed by atoms with Crippen molar-refractivity contribution in [3.8, 4) is 0 Å². The first-order valence-corrected chi connectivity index (χ1v) is 6.86. The van der Waals surface area contributed by atoms with E-state index in [0.717, 1.165) is 19.3 Å². The lowest BCUT2D eigenvalue weighted by atomic mass is 9.72. The van der Waals surface area contributed by atoms with Crippen LogP contribution in [-0.2, 0) is 9.59 Å². The Labute approximate surface area is 108 Å². The molecular formula is C14H23NO3. The molecule has 2 aliphatic carbocycles. The smallest absolute Gasteiger partial charge is 0.311 e. The number of hydrogen-bond donors (Lipinski definition) is 2. The van der Waals surface area contributed by atoms with Crippen LogP contribution in [0.15, 0.2) is 0 Å². The molecule has 102 valence electrons. The summed E-state index contributed by atoms with van der Waals surface area (Å²) in [6.07, 6.45) is 5.51. The minimum absolute atomic E-state index is 0.0512. The highest BCUT2D eigenvalue weighted by Crippen LogP contribution is 2.45. The zero-order valence-corrected chi connectivity index (χ0v) is 11.3. The third-order valence-corrected chi connectivity index (χ3v) is 4.48.